The number of hydrogen-bond acceptors (Lipinski definition) is 5. The Morgan fingerprint density at radius 2 is 2.00 bits per heavy atom. The largest absolute Gasteiger partial charge is 0.489 e. The summed E-state index contributed by atoms with van der Waals surface area (Å²) < 4.78 is 6.11. The van der Waals surface area contributed by atoms with Crippen molar-refractivity contribution in [3.8, 4) is 5.75 Å². The fourth-order valence-electron chi connectivity index (χ4n) is 3.09. The van der Waals surface area contributed by atoms with Crippen LogP contribution >= 0.6 is 23.2 Å². The molecule has 1 atom stereocenters. The number of β-amino-alcohol motifs (C(OH)–C–C–N with tert-alkyl or cyclic N) is 1. The number of benzene rings is 1. The van der Waals surface area contributed by atoms with Gasteiger partial charge in [0.2, 0.25) is 0 Å². The molecule has 1 aromatic rings. The summed E-state index contributed by atoms with van der Waals surface area (Å²) in [5.41, 5.74) is 5.78. The molecule has 1 amide bonds. The zero-order valence-electron chi connectivity index (χ0n) is 14.6. The number of nitrogens with one attached hydrogen (secondary N) is 1. The van der Waals surface area contributed by atoms with Crippen LogP contribution in [0.3, 0.4) is 0 Å². The molecule has 2 fully saturated rings. The molecule has 0 radical (unpaired) electrons. The first-order chi connectivity index (χ1) is 12.5. The van der Waals surface area contributed by atoms with Crippen LogP contribution in [0.25, 0.3) is 0 Å². The molecule has 3 rings (SSSR count). The highest BCUT2D eigenvalue weighted by atomic mass is 35.5. The van der Waals surface area contributed by atoms with Gasteiger partial charge in [0.05, 0.1) is 16.1 Å². The van der Waals surface area contributed by atoms with E-state index in [2.05, 4.69) is 10.2 Å². The Bertz CT molecular complexity index is 647. The molecule has 0 unspecified atom stereocenters. The SMILES string of the molecule is NC[C@@H](O)CN1CCC(Oc2ccc(Cl)c(Cl)c2C(=O)NC2CC2)CC1. The number of likely N-dealkylation sites (tertiary alicyclic amines) is 1. The highest BCUT2D eigenvalue weighted by Gasteiger charge is 2.29. The number of halogens is 2. The van der Waals surface area contributed by atoms with Crippen LogP contribution in [0.1, 0.15) is 36.0 Å². The summed E-state index contributed by atoms with van der Waals surface area (Å²) in [4.78, 5) is 14.7. The molecule has 0 bridgehead atoms. The highest BCUT2D eigenvalue weighted by molar-refractivity contribution is 6.44. The van der Waals surface area contributed by atoms with Crippen molar-refractivity contribution in [1.82, 2.24) is 10.2 Å². The third-order valence-corrected chi connectivity index (χ3v) is 5.57. The number of carbonyl (C=O) groups excluding carboxylic acids is 1. The second-order valence-corrected chi connectivity index (χ2v) is 7.77. The maximum absolute atomic E-state index is 12.6. The molecule has 1 aromatic carbocycles. The molecule has 1 saturated carbocycles. The summed E-state index contributed by atoms with van der Waals surface area (Å²) in [5, 5.41) is 13.2. The van der Waals surface area contributed by atoms with Crippen LogP contribution in [0.4, 0.5) is 0 Å². The molecule has 8 heteroatoms. The molecule has 0 spiro atoms. The van der Waals surface area contributed by atoms with E-state index in [9.17, 15) is 9.90 Å². The van der Waals surface area contributed by atoms with Crippen molar-refractivity contribution in [3.63, 3.8) is 0 Å². The first-order valence-corrected chi connectivity index (χ1v) is 9.79. The smallest absolute Gasteiger partial charge is 0.256 e. The van der Waals surface area contributed by atoms with Crippen LogP contribution in [0.2, 0.25) is 10.0 Å². The molecular formula is C18H25Cl2N3O3. The minimum atomic E-state index is -0.500. The standard InChI is InChI=1S/C18H25Cl2N3O3/c19-14-3-4-15(16(17(14)20)18(25)22-11-1-2-11)26-13-5-7-23(8-6-13)10-12(24)9-21/h3-4,11-13,24H,1-2,5-10,21H2,(H,22,25)/t12-/m1/s1. The predicted octanol–water partition coefficient (Wildman–Crippen LogP) is 2.05. The average Bonchev–Trinajstić information content (AvgIpc) is 3.43. The van der Waals surface area contributed by atoms with E-state index in [1.54, 1.807) is 12.1 Å². The number of aliphatic hydroxyl groups excluding tert-OH is 1. The van der Waals surface area contributed by atoms with Gasteiger partial charge in [-0.15, -0.1) is 0 Å². The second kappa shape index (κ2) is 8.76. The number of aliphatic hydroxyl groups is 1. The van der Waals surface area contributed by atoms with Crippen molar-refractivity contribution in [2.24, 2.45) is 5.73 Å². The Balaban J connectivity index is 1.64. The van der Waals surface area contributed by atoms with E-state index in [0.29, 0.717) is 22.9 Å². The number of nitrogens with zero attached hydrogens (tertiary/aromatic N) is 1. The van der Waals surface area contributed by atoms with Crippen molar-refractivity contribution in [3.05, 3.63) is 27.7 Å². The van der Waals surface area contributed by atoms with Gasteiger partial charge in [-0.1, -0.05) is 23.2 Å². The van der Waals surface area contributed by atoms with Crippen LogP contribution in [-0.4, -0.2) is 60.3 Å². The Hall–Kier alpha value is -1.05. The number of rotatable bonds is 7. The number of carbonyl (C=O) groups is 1. The van der Waals surface area contributed by atoms with E-state index in [4.69, 9.17) is 33.7 Å². The van der Waals surface area contributed by atoms with Gasteiger partial charge in [-0.3, -0.25) is 4.79 Å². The van der Waals surface area contributed by atoms with Gasteiger partial charge in [-0.2, -0.15) is 0 Å². The van der Waals surface area contributed by atoms with Crippen molar-refractivity contribution >= 4 is 29.1 Å². The Morgan fingerprint density at radius 3 is 2.62 bits per heavy atom. The Morgan fingerprint density at radius 1 is 1.31 bits per heavy atom. The third-order valence-electron chi connectivity index (χ3n) is 4.77. The van der Waals surface area contributed by atoms with Gasteiger partial charge in [0.15, 0.2) is 0 Å². The third kappa shape index (κ3) is 5.02. The lowest BCUT2D eigenvalue weighted by atomic mass is 10.1. The lowest BCUT2D eigenvalue weighted by Gasteiger charge is -2.33. The van der Waals surface area contributed by atoms with Crippen LogP contribution in [0, 0.1) is 0 Å². The van der Waals surface area contributed by atoms with Gasteiger partial charge < -0.3 is 25.8 Å². The topological polar surface area (TPSA) is 87.8 Å². The first kappa shape index (κ1) is 19.7. The van der Waals surface area contributed by atoms with Gasteiger partial charge >= 0.3 is 0 Å². The lowest BCUT2D eigenvalue weighted by Crippen LogP contribution is -2.43. The van der Waals surface area contributed by atoms with E-state index < -0.39 is 6.10 Å². The monoisotopic (exact) mass is 401 g/mol. The maximum atomic E-state index is 12.6. The van der Waals surface area contributed by atoms with Crippen LogP contribution < -0.4 is 15.8 Å². The summed E-state index contributed by atoms with van der Waals surface area (Å²) in [6, 6.07) is 3.59. The van der Waals surface area contributed by atoms with Crippen molar-refractivity contribution in [1.29, 1.82) is 0 Å². The second-order valence-electron chi connectivity index (χ2n) is 6.99. The molecule has 1 saturated heterocycles. The number of nitrogens with two attached hydrogens (primary N) is 1. The van der Waals surface area contributed by atoms with Gasteiger partial charge in [0, 0.05) is 32.2 Å². The molecule has 26 heavy (non-hydrogen) atoms. The van der Waals surface area contributed by atoms with Crippen LogP contribution in [0.15, 0.2) is 12.1 Å². The van der Waals surface area contributed by atoms with E-state index >= 15 is 0 Å². The molecule has 2 aliphatic rings. The molecule has 0 aromatic heterocycles. The molecule has 144 valence electrons. The Labute approximate surface area is 163 Å². The zero-order chi connectivity index (χ0) is 18.7. The molecule has 1 aliphatic heterocycles. The normalized spacial score (nSPS) is 20.0. The lowest BCUT2D eigenvalue weighted by molar-refractivity contribution is 0.0633. The molecule has 1 heterocycles. The summed E-state index contributed by atoms with van der Waals surface area (Å²) >= 11 is 12.4. The van der Waals surface area contributed by atoms with E-state index in [0.717, 1.165) is 38.8 Å². The Kier molecular flexibility index (Phi) is 6.64. The predicted molar refractivity (Wildman–Crippen MR) is 102 cm³/mol. The summed E-state index contributed by atoms with van der Waals surface area (Å²) in [6.45, 7) is 2.46. The molecule has 6 nitrogen and oxygen atoms in total. The molecule has 4 N–H and O–H groups in total. The minimum absolute atomic E-state index is 0.00835. The quantitative estimate of drug-likeness (QED) is 0.650. The van der Waals surface area contributed by atoms with Crippen molar-refractivity contribution < 1.29 is 14.6 Å². The number of piperidine rings is 1. The first-order valence-electron chi connectivity index (χ1n) is 9.04. The van der Waals surface area contributed by atoms with E-state index in [-0.39, 0.29) is 29.6 Å². The summed E-state index contributed by atoms with van der Waals surface area (Å²) in [6.07, 6.45) is 3.09. The maximum Gasteiger partial charge on any atom is 0.256 e. The summed E-state index contributed by atoms with van der Waals surface area (Å²) in [5.74, 6) is 0.233. The van der Waals surface area contributed by atoms with Crippen LogP contribution in [-0.2, 0) is 0 Å². The van der Waals surface area contributed by atoms with E-state index in [1.165, 1.54) is 0 Å². The number of hydrogen-bond donors (Lipinski definition) is 3. The van der Waals surface area contributed by atoms with Crippen LogP contribution in [0.5, 0.6) is 5.75 Å². The van der Waals surface area contributed by atoms with E-state index in [1.807, 2.05) is 0 Å². The fourth-order valence-corrected chi connectivity index (χ4v) is 3.49. The van der Waals surface area contributed by atoms with Crippen molar-refractivity contribution in [2.75, 3.05) is 26.2 Å². The zero-order valence-corrected chi connectivity index (χ0v) is 16.1. The average molecular weight is 402 g/mol. The number of ether oxygens (including phenoxy) is 1. The van der Waals surface area contributed by atoms with Crippen molar-refractivity contribution in [2.45, 2.75) is 43.9 Å². The van der Waals surface area contributed by atoms with Gasteiger partial charge in [0.1, 0.15) is 17.4 Å². The molecule has 1 aliphatic carbocycles. The minimum Gasteiger partial charge on any atom is -0.489 e. The van der Waals surface area contributed by atoms with Gasteiger partial charge in [-0.25, -0.2) is 0 Å². The van der Waals surface area contributed by atoms with Gasteiger partial charge in [0.25, 0.3) is 5.91 Å². The highest BCUT2D eigenvalue weighted by Crippen LogP contribution is 2.35. The summed E-state index contributed by atoms with van der Waals surface area (Å²) in [7, 11) is 0. The fraction of sp³-hybridized carbons (Fsp3) is 0.611. The van der Waals surface area contributed by atoms with Gasteiger partial charge in [-0.05, 0) is 37.8 Å². The molecular weight excluding hydrogens is 377 g/mol. The number of amides is 1.